The Bertz CT molecular complexity index is 705. The molecule has 0 aromatic heterocycles. The lowest BCUT2D eigenvalue weighted by Gasteiger charge is -2.27. The van der Waals surface area contributed by atoms with Gasteiger partial charge >= 0.3 is 0 Å². The second-order valence-electron chi connectivity index (χ2n) is 7.50. The highest BCUT2D eigenvalue weighted by molar-refractivity contribution is 5.44. The van der Waals surface area contributed by atoms with Gasteiger partial charge in [0, 0.05) is 0 Å². The maximum Gasteiger partial charge on any atom is 0.231 e. The van der Waals surface area contributed by atoms with Crippen molar-refractivity contribution in [1.29, 1.82) is 0 Å². The largest absolute Gasteiger partial charge is 0.454 e. The van der Waals surface area contributed by atoms with Crippen molar-refractivity contribution in [1.82, 2.24) is 0 Å². The molecule has 2 aromatic carbocycles. The summed E-state index contributed by atoms with van der Waals surface area (Å²) in [5.74, 6) is 3.59. The van der Waals surface area contributed by atoms with E-state index in [4.69, 9.17) is 9.47 Å². The van der Waals surface area contributed by atoms with Gasteiger partial charge in [-0.15, -0.1) is 0 Å². The Hall–Kier alpha value is -1.96. The van der Waals surface area contributed by atoms with Crippen LogP contribution in [0, 0.1) is 5.92 Å². The molecule has 134 valence electrons. The Balaban J connectivity index is 1.80. The Morgan fingerprint density at radius 3 is 2.36 bits per heavy atom. The molecule has 2 aromatic rings. The normalized spacial score (nSPS) is 15.4. The van der Waals surface area contributed by atoms with Crippen molar-refractivity contribution in [2.45, 2.75) is 58.8 Å². The van der Waals surface area contributed by atoms with Gasteiger partial charge in [-0.25, -0.2) is 0 Å². The first-order valence-corrected chi connectivity index (χ1v) is 9.57. The lowest BCUT2D eigenvalue weighted by Crippen LogP contribution is -2.13. The van der Waals surface area contributed by atoms with E-state index in [1.165, 1.54) is 29.5 Å². The second-order valence-corrected chi connectivity index (χ2v) is 7.50. The zero-order valence-corrected chi connectivity index (χ0v) is 15.9. The van der Waals surface area contributed by atoms with E-state index < -0.39 is 0 Å². The molecule has 25 heavy (non-hydrogen) atoms. The average molecular weight is 338 g/mol. The van der Waals surface area contributed by atoms with Crippen LogP contribution < -0.4 is 9.47 Å². The monoisotopic (exact) mass is 338 g/mol. The highest BCUT2D eigenvalue weighted by Gasteiger charge is 2.22. The third-order valence-electron chi connectivity index (χ3n) is 5.53. The van der Waals surface area contributed by atoms with Crippen molar-refractivity contribution in [3.8, 4) is 11.5 Å². The van der Waals surface area contributed by atoms with Gasteiger partial charge < -0.3 is 9.47 Å². The van der Waals surface area contributed by atoms with Crippen LogP contribution in [0.2, 0.25) is 0 Å². The molecular weight excluding hydrogens is 308 g/mol. The van der Waals surface area contributed by atoms with Gasteiger partial charge in [-0.1, -0.05) is 64.4 Å². The van der Waals surface area contributed by atoms with E-state index in [1.807, 2.05) is 6.07 Å². The molecule has 2 unspecified atom stereocenters. The maximum atomic E-state index is 5.53. The van der Waals surface area contributed by atoms with Crippen molar-refractivity contribution in [3.05, 3.63) is 59.2 Å². The zero-order valence-electron chi connectivity index (χ0n) is 15.9. The minimum Gasteiger partial charge on any atom is -0.454 e. The molecule has 0 fully saturated rings. The second kappa shape index (κ2) is 7.95. The number of aryl methyl sites for hydroxylation is 1. The molecule has 2 nitrogen and oxygen atoms in total. The number of hydrogen-bond acceptors (Lipinski definition) is 2. The number of hydrogen-bond donors (Lipinski definition) is 0. The fourth-order valence-electron chi connectivity index (χ4n) is 3.82. The first-order valence-electron chi connectivity index (χ1n) is 9.57. The van der Waals surface area contributed by atoms with Crippen LogP contribution in [0.1, 0.15) is 69.1 Å². The SMILES string of the molecule is CCC(C)C(CCc1ccc2c(c1)OCO2)c1ccccc1C(C)C. The molecule has 3 rings (SSSR count). The summed E-state index contributed by atoms with van der Waals surface area (Å²) >= 11 is 0. The van der Waals surface area contributed by atoms with Crippen LogP contribution in [-0.4, -0.2) is 6.79 Å². The number of rotatable bonds is 7. The van der Waals surface area contributed by atoms with E-state index in [0.717, 1.165) is 17.9 Å². The third kappa shape index (κ3) is 4.00. The minimum absolute atomic E-state index is 0.343. The van der Waals surface area contributed by atoms with Crippen LogP contribution in [0.5, 0.6) is 11.5 Å². The predicted octanol–water partition coefficient (Wildman–Crippen LogP) is 6.30. The molecule has 0 saturated carbocycles. The molecule has 1 aliphatic heterocycles. The Morgan fingerprint density at radius 2 is 1.64 bits per heavy atom. The van der Waals surface area contributed by atoms with Crippen LogP contribution in [0.25, 0.3) is 0 Å². The fourth-order valence-corrected chi connectivity index (χ4v) is 3.82. The molecule has 0 N–H and O–H groups in total. The van der Waals surface area contributed by atoms with Gasteiger partial charge in [0.05, 0.1) is 0 Å². The lowest BCUT2D eigenvalue weighted by atomic mass is 9.78. The molecule has 1 aliphatic rings. The van der Waals surface area contributed by atoms with Crippen LogP contribution >= 0.6 is 0 Å². The van der Waals surface area contributed by atoms with Crippen molar-refractivity contribution < 1.29 is 9.47 Å². The van der Waals surface area contributed by atoms with Crippen LogP contribution in [0.4, 0.5) is 0 Å². The summed E-state index contributed by atoms with van der Waals surface area (Å²) in [5.41, 5.74) is 4.37. The summed E-state index contributed by atoms with van der Waals surface area (Å²) in [6.07, 6.45) is 3.44. The standard InChI is InChI=1S/C23H30O2/c1-5-17(4)20(21-9-7-6-8-19(21)16(2)3)12-10-18-11-13-22-23(14-18)25-15-24-22/h6-9,11,13-14,16-17,20H,5,10,12,15H2,1-4H3. The topological polar surface area (TPSA) is 18.5 Å². The summed E-state index contributed by atoms with van der Waals surface area (Å²) in [6.45, 7) is 9.63. The van der Waals surface area contributed by atoms with Gasteiger partial charge in [0.25, 0.3) is 0 Å². The van der Waals surface area contributed by atoms with Crippen LogP contribution in [0.3, 0.4) is 0 Å². The molecule has 0 aliphatic carbocycles. The number of fused-ring (bicyclic) bond motifs is 1. The van der Waals surface area contributed by atoms with Crippen molar-refractivity contribution in [2.75, 3.05) is 6.79 Å². The van der Waals surface area contributed by atoms with Gasteiger partial charge in [0.2, 0.25) is 6.79 Å². The molecule has 1 heterocycles. The van der Waals surface area contributed by atoms with E-state index in [-0.39, 0.29) is 0 Å². The van der Waals surface area contributed by atoms with Crippen LogP contribution in [-0.2, 0) is 6.42 Å². The Kier molecular flexibility index (Phi) is 5.67. The third-order valence-corrected chi connectivity index (χ3v) is 5.53. The summed E-state index contributed by atoms with van der Waals surface area (Å²) in [4.78, 5) is 0. The van der Waals surface area contributed by atoms with E-state index in [2.05, 4.69) is 64.1 Å². The molecule has 0 bridgehead atoms. The van der Waals surface area contributed by atoms with E-state index in [0.29, 0.717) is 24.5 Å². The van der Waals surface area contributed by atoms with E-state index in [9.17, 15) is 0 Å². The molecule has 0 amide bonds. The van der Waals surface area contributed by atoms with Crippen molar-refractivity contribution >= 4 is 0 Å². The molecular formula is C23H30O2. The maximum absolute atomic E-state index is 5.53. The van der Waals surface area contributed by atoms with Gasteiger partial charge in [-0.3, -0.25) is 0 Å². The van der Waals surface area contributed by atoms with Gasteiger partial charge in [-0.2, -0.15) is 0 Å². The Morgan fingerprint density at radius 1 is 0.920 bits per heavy atom. The average Bonchev–Trinajstić information content (AvgIpc) is 3.09. The van der Waals surface area contributed by atoms with Gasteiger partial charge in [-0.05, 0) is 59.4 Å². The molecule has 0 saturated heterocycles. The predicted molar refractivity (Wildman–Crippen MR) is 104 cm³/mol. The smallest absolute Gasteiger partial charge is 0.231 e. The first kappa shape index (κ1) is 17.8. The molecule has 0 radical (unpaired) electrons. The lowest BCUT2D eigenvalue weighted by molar-refractivity contribution is 0.174. The van der Waals surface area contributed by atoms with Gasteiger partial charge in [0.1, 0.15) is 0 Å². The molecule has 2 heteroatoms. The summed E-state index contributed by atoms with van der Waals surface area (Å²) in [6, 6.07) is 15.4. The Labute approximate surface area is 152 Å². The number of benzene rings is 2. The highest BCUT2D eigenvalue weighted by atomic mass is 16.7. The molecule has 0 spiro atoms. The summed E-state index contributed by atoms with van der Waals surface area (Å²) < 4.78 is 11.0. The summed E-state index contributed by atoms with van der Waals surface area (Å²) in [5, 5.41) is 0. The van der Waals surface area contributed by atoms with Gasteiger partial charge in [0.15, 0.2) is 11.5 Å². The van der Waals surface area contributed by atoms with Crippen molar-refractivity contribution in [2.24, 2.45) is 5.92 Å². The highest BCUT2D eigenvalue weighted by Crippen LogP contribution is 2.37. The van der Waals surface area contributed by atoms with E-state index in [1.54, 1.807) is 0 Å². The number of ether oxygens (including phenoxy) is 2. The first-order chi connectivity index (χ1) is 12.1. The van der Waals surface area contributed by atoms with E-state index >= 15 is 0 Å². The molecule has 2 atom stereocenters. The van der Waals surface area contributed by atoms with Crippen molar-refractivity contribution in [3.63, 3.8) is 0 Å². The minimum atomic E-state index is 0.343. The zero-order chi connectivity index (χ0) is 17.8. The quantitative estimate of drug-likeness (QED) is 0.589. The summed E-state index contributed by atoms with van der Waals surface area (Å²) in [7, 11) is 0. The fraction of sp³-hybridized carbons (Fsp3) is 0.478. The van der Waals surface area contributed by atoms with Crippen LogP contribution in [0.15, 0.2) is 42.5 Å².